The van der Waals surface area contributed by atoms with Gasteiger partial charge in [-0.1, -0.05) is 30.3 Å². The Kier molecular flexibility index (Phi) is 4.27. The van der Waals surface area contributed by atoms with Gasteiger partial charge in [0.25, 0.3) is 5.91 Å². The van der Waals surface area contributed by atoms with E-state index in [-0.39, 0.29) is 24.5 Å². The molecule has 4 nitrogen and oxygen atoms in total. The number of methoxy groups -OCH3 is 1. The summed E-state index contributed by atoms with van der Waals surface area (Å²) in [7, 11) is 1.56. The van der Waals surface area contributed by atoms with Crippen molar-refractivity contribution in [1.82, 2.24) is 5.32 Å². The van der Waals surface area contributed by atoms with Gasteiger partial charge in [-0.25, -0.2) is 0 Å². The van der Waals surface area contributed by atoms with Gasteiger partial charge in [-0.3, -0.25) is 4.79 Å². The first-order valence-electron chi connectivity index (χ1n) is 7.73. The van der Waals surface area contributed by atoms with Crippen molar-refractivity contribution in [2.45, 2.75) is 31.4 Å². The van der Waals surface area contributed by atoms with Crippen LogP contribution in [0.25, 0.3) is 0 Å². The van der Waals surface area contributed by atoms with Crippen molar-refractivity contribution < 1.29 is 14.6 Å². The normalized spacial score (nSPS) is 32.1. The number of amides is 1. The lowest BCUT2D eigenvalue weighted by Crippen LogP contribution is -2.47. The number of rotatable bonds is 5. The van der Waals surface area contributed by atoms with Gasteiger partial charge < -0.3 is 15.2 Å². The predicted octanol–water partition coefficient (Wildman–Crippen LogP) is 1.90. The fourth-order valence-electron chi connectivity index (χ4n) is 4.16. The van der Waals surface area contributed by atoms with Crippen molar-refractivity contribution in [3.8, 4) is 0 Å². The van der Waals surface area contributed by atoms with Gasteiger partial charge in [0.1, 0.15) is 0 Å². The zero-order chi connectivity index (χ0) is 14.8. The number of benzene rings is 1. The van der Waals surface area contributed by atoms with Gasteiger partial charge in [-0.2, -0.15) is 0 Å². The fourth-order valence-corrected chi connectivity index (χ4v) is 4.16. The van der Waals surface area contributed by atoms with E-state index in [0.717, 1.165) is 18.4 Å². The number of ether oxygens (including phenoxy) is 1. The smallest absolute Gasteiger partial charge is 0.253 e. The Bertz CT molecular complexity index is 490. The minimum atomic E-state index is -0.579. The van der Waals surface area contributed by atoms with Crippen molar-refractivity contribution in [2.75, 3.05) is 13.7 Å². The second-order valence-electron chi connectivity index (χ2n) is 6.24. The molecule has 1 aromatic carbocycles. The van der Waals surface area contributed by atoms with E-state index in [4.69, 9.17) is 4.74 Å². The number of carbonyl (C=O) groups is 1. The van der Waals surface area contributed by atoms with Gasteiger partial charge in [0.2, 0.25) is 0 Å². The molecule has 0 aliphatic heterocycles. The van der Waals surface area contributed by atoms with E-state index < -0.39 is 6.10 Å². The van der Waals surface area contributed by atoms with Crippen LogP contribution in [0.2, 0.25) is 0 Å². The Hall–Kier alpha value is -1.39. The quantitative estimate of drug-likeness (QED) is 0.870. The van der Waals surface area contributed by atoms with Crippen molar-refractivity contribution in [3.63, 3.8) is 0 Å². The van der Waals surface area contributed by atoms with Crippen LogP contribution in [0.5, 0.6) is 0 Å². The average molecular weight is 289 g/mol. The predicted molar refractivity (Wildman–Crippen MR) is 79.5 cm³/mol. The molecule has 0 heterocycles. The van der Waals surface area contributed by atoms with Crippen LogP contribution in [0.3, 0.4) is 0 Å². The minimum Gasteiger partial charge on any atom is -0.396 e. The van der Waals surface area contributed by atoms with Crippen molar-refractivity contribution in [2.24, 2.45) is 17.8 Å². The third kappa shape index (κ3) is 2.70. The van der Waals surface area contributed by atoms with Gasteiger partial charge in [-0.15, -0.1) is 0 Å². The lowest BCUT2D eigenvalue weighted by molar-refractivity contribution is -0.133. The minimum absolute atomic E-state index is 0.0975. The first-order chi connectivity index (χ1) is 10.2. The molecular weight excluding hydrogens is 266 g/mol. The zero-order valence-electron chi connectivity index (χ0n) is 12.4. The lowest BCUT2D eigenvalue weighted by Gasteiger charge is -2.31. The second-order valence-corrected chi connectivity index (χ2v) is 6.24. The number of aliphatic hydroxyl groups is 1. The van der Waals surface area contributed by atoms with Crippen molar-refractivity contribution >= 4 is 5.91 Å². The topological polar surface area (TPSA) is 58.6 Å². The molecule has 2 bridgehead atoms. The molecule has 21 heavy (non-hydrogen) atoms. The molecule has 2 N–H and O–H groups in total. The van der Waals surface area contributed by atoms with Gasteiger partial charge in [0, 0.05) is 25.7 Å². The van der Waals surface area contributed by atoms with Crippen LogP contribution in [-0.2, 0) is 9.53 Å². The summed E-state index contributed by atoms with van der Waals surface area (Å²) >= 11 is 0. The van der Waals surface area contributed by atoms with E-state index >= 15 is 0 Å². The molecule has 5 atom stereocenters. The van der Waals surface area contributed by atoms with E-state index in [1.165, 1.54) is 6.42 Å². The van der Waals surface area contributed by atoms with Crippen LogP contribution in [0.15, 0.2) is 30.3 Å². The maximum absolute atomic E-state index is 12.6. The van der Waals surface area contributed by atoms with Crippen LogP contribution in [0, 0.1) is 17.8 Å². The summed E-state index contributed by atoms with van der Waals surface area (Å²) in [6.45, 7) is 0.162. The van der Waals surface area contributed by atoms with Crippen LogP contribution in [0.4, 0.5) is 0 Å². The number of hydrogen-bond acceptors (Lipinski definition) is 3. The number of aliphatic hydroxyl groups excluding tert-OH is 1. The fraction of sp³-hybridized carbons (Fsp3) is 0.588. The molecule has 3 rings (SSSR count). The lowest BCUT2D eigenvalue weighted by atomic mass is 9.85. The molecule has 0 spiro atoms. The van der Waals surface area contributed by atoms with Gasteiger partial charge in [-0.05, 0) is 36.7 Å². The molecule has 2 fully saturated rings. The molecule has 4 heteroatoms. The van der Waals surface area contributed by atoms with E-state index in [0.29, 0.717) is 11.8 Å². The van der Waals surface area contributed by atoms with Crippen LogP contribution < -0.4 is 5.32 Å². The number of hydrogen-bond donors (Lipinski definition) is 2. The highest BCUT2D eigenvalue weighted by molar-refractivity contribution is 5.82. The summed E-state index contributed by atoms with van der Waals surface area (Å²) in [6.07, 6.45) is 2.91. The Morgan fingerprint density at radius 3 is 2.71 bits per heavy atom. The summed E-state index contributed by atoms with van der Waals surface area (Å²) in [5.74, 6) is 1.20. The monoisotopic (exact) mass is 289 g/mol. The van der Waals surface area contributed by atoms with Gasteiger partial charge in [0.05, 0.1) is 0 Å². The van der Waals surface area contributed by atoms with E-state index in [9.17, 15) is 9.90 Å². The average Bonchev–Trinajstić information content (AvgIpc) is 3.10. The van der Waals surface area contributed by atoms with Crippen molar-refractivity contribution in [3.05, 3.63) is 35.9 Å². The highest BCUT2D eigenvalue weighted by Crippen LogP contribution is 2.48. The molecule has 2 aliphatic carbocycles. The van der Waals surface area contributed by atoms with E-state index in [1.54, 1.807) is 7.11 Å². The first kappa shape index (κ1) is 14.5. The highest BCUT2D eigenvalue weighted by Gasteiger charge is 2.48. The molecule has 1 aromatic rings. The molecule has 2 saturated carbocycles. The van der Waals surface area contributed by atoms with Crippen LogP contribution in [0.1, 0.15) is 30.9 Å². The Labute approximate surface area is 125 Å². The highest BCUT2D eigenvalue weighted by atomic mass is 16.5. The second kappa shape index (κ2) is 6.16. The molecule has 0 radical (unpaired) electrons. The third-order valence-electron chi connectivity index (χ3n) is 5.18. The maximum atomic E-state index is 12.6. The van der Waals surface area contributed by atoms with Gasteiger partial charge >= 0.3 is 0 Å². The molecule has 0 saturated heterocycles. The number of fused-ring (bicyclic) bond motifs is 2. The van der Waals surface area contributed by atoms with E-state index in [1.807, 2.05) is 30.3 Å². The summed E-state index contributed by atoms with van der Waals surface area (Å²) in [5.41, 5.74) is 0.862. The Morgan fingerprint density at radius 1 is 1.33 bits per heavy atom. The maximum Gasteiger partial charge on any atom is 0.253 e. The SMILES string of the molecule is CO[C@H](C(=O)N[C@@H]1[C@H]2CC[C@@H](C2)[C@@H]1CO)c1ccccc1. The van der Waals surface area contributed by atoms with Crippen LogP contribution in [-0.4, -0.2) is 30.8 Å². The number of carbonyl (C=O) groups excluding carboxylic acids is 1. The molecule has 114 valence electrons. The third-order valence-corrected chi connectivity index (χ3v) is 5.18. The summed E-state index contributed by atoms with van der Waals surface area (Å²) in [4.78, 5) is 12.6. The summed E-state index contributed by atoms with van der Waals surface area (Å²) in [6, 6.07) is 9.63. The largest absolute Gasteiger partial charge is 0.396 e. The zero-order valence-corrected chi connectivity index (χ0v) is 12.4. The molecule has 0 aromatic heterocycles. The van der Waals surface area contributed by atoms with Crippen molar-refractivity contribution in [1.29, 1.82) is 0 Å². The number of nitrogens with one attached hydrogen (secondary N) is 1. The Balaban J connectivity index is 1.70. The first-order valence-corrected chi connectivity index (χ1v) is 7.73. The summed E-state index contributed by atoms with van der Waals surface area (Å²) < 4.78 is 5.38. The standard InChI is InChI=1S/C17H23NO3/c1-21-16(11-5-3-2-4-6-11)17(20)18-15-13-8-7-12(9-13)14(15)10-19/h2-6,12-16,19H,7-10H2,1H3,(H,18,20)/t12-,13-,14-,15+,16-/m0/s1. The molecule has 1 amide bonds. The molecule has 2 aliphatic rings. The van der Waals surface area contributed by atoms with Gasteiger partial charge in [0.15, 0.2) is 6.10 Å². The molecule has 0 unspecified atom stereocenters. The van der Waals surface area contributed by atoms with Crippen LogP contribution >= 0.6 is 0 Å². The summed E-state index contributed by atoms with van der Waals surface area (Å²) in [5, 5.41) is 12.7. The Morgan fingerprint density at radius 2 is 2.05 bits per heavy atom. The molecular formula is C17H23NO3. The van der Waals surface area contributed by atoms with E-state index in [2.05, 4.69) is 5.32 Å².